The Bertz CT molecular complexity index is 388. The number of aromatic nitrogens is 1. The second-order valence-electron chi connectivity index (χ2n) is 5.38. The average Bonchev–Trinajstić information content (AvgIpc) is 3.23. The van der Waals surface area contributed by atoms with E-state index in [1.54, 1.807) is 14.0 Å². The first-order valence-electron chi connectivity index (χ1n) is 7.03. The van der Waals surface area contributed by atoms with Crippen molar-refractivity contribution in [3.8, 4) is 0 Å². The minimum atomic E-state index is -0.512. The summed E-state index contributed by atoms with van der Waals surface area (Å²) < 4.78 is 5.20. The molecule has 0 aromatic carbocycles. The number of pyridine rings is 1. The molecule has 0 aliphatic heterocycles. The molecule has 19 heavy (non-hydrogen) atoms. The summed E-state index contributed by atoms with van der Waals surface area (Å²) in [6.07, 6.45) is 3.99. The zero-order valence-corrected chi connectivity index (χ0v) is 12.0. The molecular weight excluding hydrogens is 240 g/mol. The molecular formula is C15H24N2O2. The molecule has 0 amide bonds. The van der Waals surface area contributed by atoms with Gasteiger partial charge < -0.3 is 14.7 Å². The van der Waals surface area contributed by atoms with E-state index in [4.69, 9.17) is 4.74 Å². The lowest BCUT2D eigenvalue weighted by Crippen LogP contribution is -2.37. The highest BCUT2D eigenvalue weighted by Gasteiger charge is 2.32. The van der Waals surface area contributed by atoms with Crippen molar-refractivity contribution in [3.05, 3.63) is 24.0 Å². The second-order valence-corrected chi connectivity index (χ2v) is 5.38. The van der Waals surface area contributed by atoms with Crippen LogP contribution in [0.5, 0.6) is 0 Å². The van der Waals surface area contributed by atoms with Crippen LogP contribution >= 0.6 is 0 Å². The molecule has 2 rings (SSSR count). The molecule has 0 spiro atoms. The number of ether oxygens (including phenoxy) is 1. The van der Waals surface area contributed by atoms with Crippen LogP contribution in [0.25, 0.3) is 0 Å². The highest BCUT2D eigenvalue weighted by molar-refractivity contribution is 5.46. The molecule has 0 saturated heterocycles. The maximum atomic E-state index is 9.51. The van der Waals surface area contributed by atoms with Crippen LogP contribution in [-0.4, -0.2) is 36.4 Å². The molecule has 1 aromatic heterocycles. The Morgan fingerprint density at radius 2 is 2.16 bits per heavy atom. The van der Waals surface area contributed by atoms with Crippen LogP contribution < -0.4 is 4.90 Å². The van der Waals surface area contributed by atoms with Crippen molar-refractivity contribution >= 4 is 5.69 Å². The van der Waals surface area contributed by atoms with Crippen LogP contribution in [0, 0.1) is 5.92 Å². The quantitative estimate of drug-likeness (QED) is 0.821. The fourth-order valence-electron chi connectivity index (χ4n) is 2.41. The summed E-state index contributed by atoms with van der Waals surface area (Å²) in [5.41, 5.74) is 1.83. The molecule has 1 fully saturated rings. The van der Waals surface area contributed by atoms with Crippen LogP contribution in [0.4, 0.5) is 5.69 Å². The maximum Gasteiger partial charge on any atom is 0.0931 e. The fraction of sp³-hybridized carbons (Fsp3) is 0.667. The number of hydrogen-bond donors (Lipinski definition) is 1. The molecule has 1 aliphatic rings. The van der Waals surface area contributed by atoms with Gasteiger partial charge in [-0.1, -0.05) is 0 Å². The third kappa shape index (κ3) is 3.67. The van der Waals surface area contributed by atoms with Crippen molar-refractivity contribution < 1.29 is 9.84 Å². The normalized spacial score (nSPS) is 18.1. The van der Waals surface area contributed by atoms with Crippen molar-refractivity contribution in [2.24, 2.45) is 5.92 Å². The van der Waals surface area contributed by atoms with Crippen molar-refractivity contribution in [1.82, 2.24) is 4.98 Å². The molecule has 1 unspecified atom stereocenters. The number of aliphatic hydroxyl groups is 1. The van der Waals surface area contributed by atoms with E-state index in [0.29, 0.717) is 6.04 Å². The van der Waals surface area contributed by atoms with Gasteiger partial charge in [-0.3, -0.25) is 4.98 Å². The van der Waals surface area contributed by atoms with Crippen molar-refractivity contribution in [1.29, 1.82) is 0 Å². The van der Waals surface area contributed by atoms with E-state index in [2.05, 4.69) is 16.8 Å². The van der Waals surface area contributed by atoms with E-state index in [1.165, 1.54) is 12.8 Å². The van der Waals surface area contributed by atoms with Gasteiger partial charge in [-0.2, -0.15) is 0 Å². The topological polar surface area (TPSA) is 45.6 Å². The van der Waals surface area contributed by atoms with Gasteiger partial charge in [0, 0.05) is 19.7 Å². The predicted octanol–water partition coefficient (Wildman–Crippen LogP) is 2.39. The monoisotopic (exact) mass is 264 g/mol. The summed E-state index contributed by atoms with van der Waals surface area (Å²) in [6, 6.07) is 4.47. The maximum absolute atomic E-state index is 9.51. The second kappa shape index (κ2) is 6.35. The Morgan fingerprint density at radius 3 is 2.63 bits per heavy atom. The molecule has 1 heterocycles. The lowest BCUT2D eigenvalue weighted by atomic mass is 10.1. The molecule has 2 atom stereocenters. The minimum absolute atomic E-state index is 0.512. The van der Waals surface area contributed by atoms with E-state index in [1.807, 2.05) is 18.3 Å². The Hall–Kier alpha value is -1.13. The first-order chi connectivity index (χ1) is 9.13. The minimum Gasteiger partial charge on any atom is -0.387 e. The van der Waals surface area contributed by atoms with Gasteiger partial charge in [-0.25, -0.2) is 0 Å². The van der Waals surface area contributed by atoms with E-state index in [9.17, 15) is 5.11 Å². The number of anilines is 1. The molecule has 0 bridgehead atoms. The van der Waals surface area contributed by atoms with Crippen molar-refractivity contribution in [2.45, 2.75) is 38.8 Å². The van der Waals surface area contributed by atoms with Gasteiger partial charge in [0.1, 0.15) is 0 Å². The van der Waals surface area contributed by atoms with Crippen LogP contribution in [0.15, 0.2) is 18.3 Å². The van der Waals surface area contributed by atoms with Gasteiger partial charge in [-0.05, 0) is 44.7 Å². The third-order valence-corrected chi connectivity index (χ3v) is 3.86. The van der Waals surface area contributed by atoms with E-state index in [0.717, 1.165) is 30.5 Å². The summed E-state index contributed by atoms with van der Waals surface area (Å²) in [5.74, 6) is 0.799. The number of methoxy groups -OCH3 is 1. The van der Waals surface area contributed by atoms with E-state index < -0.39 is 6.10 Å². The summed E-state index contributed by atoms with van der Waals surface area (Å²) in [4.78, 5) is 6.70. The zero-order chi connectivity index (χ0) is 13.8. The molecule has 1 saturated carbocycles. The molecule has 106 valence electrons. The smallest absolute Gasteiger partial charge is 0.0931 e. The Labute approximate surface area is 115 Å². The van der Waals surface area contributed by atoms with Crippen LogP contribution in [0.2, 0.25) is 0 Å². The van der Waals surface area contributed by atoms with Crippen molar-refractivity contribution in [2.75, 3.05) is 25.2 Å². The lowest BCUT2D eigenvalue weighted by molar-refractivity contribution is 0.194. The van der Waals surface area contributed by atoms with Gasteiger partial charge in [0.05, 0.1) is 30.3 Å². The lowest BCUT2D eigenvalue weighted by Gasteiger charge is -2.31. The van der Waals surface area contributed by atoms with Crippen molar-refractivity contribution in [3.63, 3.8) is 0 Å². The number of aliphatic hydroxyl groups excluding tert-OH is 1. The van der Waals surface area contributed by atoms with Gasteiger partial charge in [0.15, 0.2) is 0 Å². The first kappa shape index (κ1) is 14.3. The molecule has 1 aliphatic carbocycles. The molecule has 4 nitrogen and oxygen atoms in total. The fourth-order valence-corrected chi connectivity index (χ4v) is 2.41. The summed E-state index contributed by atoms with van der Waals surface area (Å²) in [7, 11) is 1.73. The molecule has 1 aromatic rings. The zero-order valence-electron chi connectivity index (χ0n) is 12.0. The molecule has 1 N–H and O–H groups in total. The summed E-state index contributed by atoms with van der Waals surface area (Å²) >= 11 is 0. The first-order valence-corrected chi connectivity index (χ1v) is 7.03. The molecule has 4 heteroatoms. The van der Waals surface area contributed by atoms with E-state index >= 15 is 0 Å². The van der Waals surface area contributed by atoms with E-state index in [-0.39, 0.29) is 0 Å². The highest BCUT2D eigenvalue weighted by Crippen LogP contribution is 2.36. The number of rotatable bonds is 7. The average molecular weight is 264 g/mol. The Kier molecular flexibility index (Phi) is 4.77. The molecule has 0 radical (unpaired) electrons. The summed E-state index contributed by atoms with van der Waals surface area (Å²) in [5, 5.41) is 9.51. The van der Waals surface area contributed by atoms with Gasteiger partial charge >= 0.3 is 0 Å². The Morgan fingerprint density at radius 1 is 1.42 bits per heavy atom. The van der Waals surface area contributed by atoms with Gasteiger partial charge in [0.25, 0.3) is 0 Å². The predicted molar refractivity (Wildman–Crippen MR) is 76.3 cm³/mol. The van der Waals surface area contributed by atoms with Gasteiger partial charge in [0.2, 0.25) is 0 Å². The SMILES string of the molecule is COCCN(c1ccc([C@@H](C)O)nc1)C(C)C1CC1. The van der Waals surface area contributed by atoms with Crippen LogP contribution in [0.3, 0.4) is 0 Å². The third-order valence-electron chi connectivity index (χ3n) is 3.86. The highest BCUT2D eigenvalue weighted by atomic mass is 16.5. The Balaban J connectivity index is 2.11. The number of hydrogen-bond acceptors (Lipinski definition) is 4. The number of nitrogens with zero attached hydrogens (tertiary/aromatic N) is 2. The summed E-state index contributed by atoms with van der Waals surface area (Å²) in [6.45, 7) is 5.60. The van der Waals surface area contributed by atoms with Gasteiger partial charge in [-0.15, -0.1) is 0 Å². The largest absolute Gasteiger partial charge is 0.387 e. The van der Waals surface area contributed by atoms with Crippen LogP contribution in [0.1, 0.15) is 38.5 Å². The standard InChI is InChI=1S/C15H24N2O2/c1-11(13-4-5-13)17(8-9-19-3)14-6-7-15(12(2)18)16-10-14/h6-7,10-13,18H,4-5,8-9H2,1-3H3/t11?,12-/m1/s1. The van der Waals surface area contributed by atoms with Crippen LogP contribution in [-0.2, 0) is 4.74 Å².